The van der Waals surface area contributed by atoms with Crippen molar-refractivity contribution < 1.29 is 14.3 Å². The van der Waals surface area contributed by atoms with Crippen molar-refractivity contribution >= 4 is 18.4 Å². The normalized spacial score (nSPS) is 14.3. The second-order valence-electron chi connectivity index (χ2n) is 6.11. The van der Waals surface area contributed by atoms with Crippen LogP contribution in [-0.4, -0.2) is 44.2 Å². The van der Waals surface area contributed by atoms with Crippen LogP contribution in [0.25, 0.3) is 0 Å². The molecule has 0 unspecified atom stereocenters. The summed E-state index contributed by atoms with van der Waals surface area (Å²) in [6.45, 7) is 5.57. The Hall–Kier alpha value is -2.08. The molecule has 1 N–H and O–H groups in total. The Kier molecular flexibility index (Phi) is 7.91. The van der Waals surface area contributed by atoms with Crippen LogP contribution >= 0.6 is 12.4 Å². The molecule has 0 atom stereocenters. The van der Waals surface area contributed by atoms with E-state index < -0.39 is 0 Å². The number of nitrogens with zero attached hydrogens (tertiary/aromatic N) is 1. The first-order valence-electron chi connectivity index (χ1n) is 8.57. The Balaban J connectivity index is 0.00000243. The molecule has 26 heavy (non-hydrogen) atoms. The molecule has 140 valence electrons. The van der Waals surface area contributed by atoms with Crippen LogP contribution in [0.5, 0.6) is 5.75 Å². The molecule has 0 amide bonds. The number of rotatable bonds is 6. The van der Waals surface area contributed by atoms with Crippen LogP contribution < -0.4 is 10.1 Å². The third-order valence-electron chi connectivity index (χ3n) is 4.35. The van der Waals surface area contributed by atoms with Gasteiger partial charge in [0.1, 0.15) is 12.4 Å². The van der Waals surface area contributed by atoms with E-state index in [1.807, 2.05) is 24.3 Å². The summed E-state index contributed by atoms with van der Waals surface area (Å²) in [7, 11) is 1.38. The number of para-hydroxylation sites is 1. The second-order valence-corrected chi connectivity index (χ2v) is 6.11. The van der Waals surface area contributed by atoms with E-state index >= 15 is 0 Å². The quantitative estimate of drug-likeness (QED) is 0.785. The van der Waals surface area contributed by atoms with Gasteiger partial charge in [-0.3, -0.25) is 4.90 Å². The van der Waals surface area contributed by atoms with Crippen molar-refractivity contribution in [1.29, 1.82) is 0 Å². The van der Waals surface area contributed by atoms with Gasteiger partial charge < -0.3 is 14.8 Å². The number of esters is 1. The predicted molar refractivity (Wildman–Crippen MR) is 104 cm³/mol. The molecule has 2 aromatic rings. The summed E-state index contributed by atoms with van der Waals surface area (Å²) in [5.41, 5.74) is 2.77. The average Bonchev–Trinajstić information content (AvgIpc) is 2.68. The SMILES string of the molecule is COC(=O)c1ccc(COc2ccccc2CN2CCNCC2)cc1.Cl. The zero-order valence-electron chi connectivity index (χ0n) is 14.9. The highest BCUT2D eigenvalue weighted by Crippen LogP contribution is 2.21. The Morgan fingerprint density at radius 1 is 1.08 bits per heavy atom. The van der Waals surface area contributed by atoms with Gasteiger partial charge in [0.25, 0.3) is 0 Å². The minimum Gasteiger partial charge on any atom is -0.489 e. The van der Waals surface area contributed by atoms with Crippen molar-refractivity contribution in [2.24, 2.45) is 0 Å². The summed E-state index contributed by atoms with van der Waals surface area (Å²) >= 11 is 0. The van der Waals surface area contributed by atoms with E-state index in [1.165, 1.54) is 12.7 Å². The van der Waals surface area contributed by atoms with Crippen molar-refractivity contribution in [3.63, 3.8) is 0 Å². The summed E-state index contributed by atoms with van der Waals surface area (Å²) < 4.78 is 10.7. The van der Waals surface area contributed by atoms with Crippen molar-refractivity contribution in [3.8, 4) is 5.75 Å². The Morgan fingerprint density at radius 3 is 2.46 bits per heavy atom. The molecule has 1 saturated heterocycles. The standard InChI is InChI=1S/C20H24N2O3.ClH/c1-24-20(23)17-8-6-16(7-9-17)15-25-19-5-3-2-4-18(19)14-22-12-10-21-11-13-22;/h2-9,21H,10-15H2,1H3;1H. The van der Waals surface area contributed by atoms with E-state index in [-0.39, 0.29) is 18.4 Å². The summed E-state index contributed by atoms with van der Waals surface area (Å²) in [6.07, 6.45) is 0. The van der Waals surface area contributed by atoms with E-state index in [9.17, 15) is 4.79 Å². The zero-order valence-corrected chi connectivity index (χ0v) is 15.8. The second kappa shape index (κ2) is 10.2. The molecule has 0 aromatic heterocycles. The van der Waals surface area contributed by atoms with Crippen molar-refractivity contribution in [1.82, 2.24) is 10.2 Å². The number of nitrogens with one attached hydrogen (secondary N) is 1. The maximum atomic E-state index is 11.5. The van der Waals surface area contributed by atoms with E-state index in [0.29, 0.717) is 12.2 Å². The first-order chi connectivity index (χ1) is 12.3. The van der Waals surface area contributed by atoms with Gasteiger partial charge in [0.2, 0.25) is 0 Å². The number of carbonyl (C=O) groups is 1. The Bertz CT molecular complexity index is 700. The van der Waals surface area contributed by atoms with Crippen molar-refractivity contribution in [2.75, 3.05) is 33.3 Å². The fourth-order valence-corrected chi connectivity index (χ4v) is 2.90. The van der Waals surface area contributed by atoms with Gasteiger partial charge >= 0.3 is 5.97 Å². The third kappa shape index (κ3) is 5.46. The highest BCUT2D eigenvalue weighted by Gasteiger charge is 2.12. The number of halogens is 1. The van der Waals surface area contributed by atoms with Crippen molar-refractivity contribution in [2.45, 2.75) is 13.2 Å². The lowest BCUT2D eigenvalue weighted by Gasteiger charge is -2.27. The molecular weight excluding hydrogens is 352 g/mol. The zero-order chi connectivity index (χ0) is 17.5. The fourth-order valence-electron chi connectivity index (χ4n) is 2.90. The van der Waals surface area contributed by atoms with Crippen LogP contribution in [0.3, 0.4) is 0 Å². The van der Waals surface area contributed by atoms with Crippen LogP contribution in [0.2, 0.25) is 0 Å². The minimum absolute atomic E-state index is 0. The molecule has 1 fully saturated rings. The Morgan fingerprint density at radius 2 is 1.77 bits per heavy atom. The van der Waals surface area contributed by atoms with Gasteiger partial charge in [0.15, 0.2) is 0 Å². The number of piperazine rings is 1. The lowest BCUT2D eigenvalue weighted by Crippen LogP contribution is -2.42. The van der Waals surface area contributed by atoms with E-state index in [2.05, 4.69) is 22.3 Å². The molecule has 0 aliphatic carbocycles. The largest absolute Gasteiger partial charge is 0.489 e. The van der Waals surface area contributed by atoms with E-state index in [1.54, 1.807) is 12.1 Å². The number of hydrogen-bond acceptors (Lipinski definition) is 5. The third-order valence-corrected chi connectivity index (χ3v) is 4.35. The maximum absolute atomic E-state index is 11.5. The first-order valence-corrected chi connectivity index (χ1v) is 8.57. The van der Waals surface area contributed by atoms with Gasteiger partial charge in [-0.05, 0) is 23.8 Å². The monoisotopic (exact) mass is 376 g/mol. The highest BCUT2D eigenvalue weighted by molar-refractivity contribution is 5.89. The average molecular weight is 377 g/mol. The molecule has 1 aliphatic rings. The molecule has 3 rings (SSSR count). The fraction of sp³-hybridized carbons (Fsp3) is 0.350. The smallest absolute Gasteiger partial charge is 0.337 e. The predicted octanol–water partition coefficient (Wildman–Crippen LogP) is 2.88. The van der Waals surface area contributed by atoms with Gasteiger partial charge in [0, 0.05) is 38.3 Å². The molecule has 1 aliphatic heterocycles. The molecule has 6 heteroatoms. The first kappa shape index (κ1) is 20.2. The Labute approximate surface area is 160 Å². The van der Waals surface area contributed by atoms with Gasteiger partial charge in [0.05, 0.1) is 12.7 Å². The lowest BCUT2D eigenvalue weighted by atomic mass is 10.1. The topological polar surface area (TPSA) is 50.8 Å². The van der Waals surface area contributed by atoms with Crippen molar-refractivity contribution in [3.05, 3.63) is 65.2 Å². The number of carbonyl (C=O) groups excluding carboxylic acids is 1. The van der Waals surface area contributed by atoms with Crippen LogP contribution in [0.4, 0.5) is 0 Å². The van der Waals surface area contributed by atoms with Crippen LogP contribution in [0.15, 0.2) is 48.5 Å². The number of methoxy groups -OCH3 is 1. The molecule has 0 radical (unpaired) electrons. The van der Waals surface area contributed by atoms with Gasteiger partial charge in [-0.1, -0.05) is 30.3 Å². The molecule has 1 heterocycles. The number of ether oxygens (including phenoxy) is 2. The van der Waals surface area contributed by atoms with Crippen LogP contribution in [-0.2, 0) is 17.9 Å². The number of hydrogen-bond donors (Lipinski definition) is 1. The van der Waals surface area contributed by atoms with Gasteiger partial charge in [-0.2, -0.15) is 0 Å². The molecule has 0 saturated carbocycles. The highest BCUT2D eigenvalue weighted by atomic mass is 35.5. The summed E-state index contributed by atoms with van der Waals surface area (Å²) in [6, 6.07) is 15.5. The molecular formula is C20H25ClN2O3. The number of benzene rings is 2. The van der Waals surface area contributed by atoms with E-state index in [4.69, 9.17) is 9.47 Å². The molecule has 0 spiro atoms. The van der Waals surface area contributed by atoms with Gasteiger partial charge in [-0.15, -0.1) is 12.4 Å². The molecule has 2 aromatic carbocycles. The van der Waals surface area contributed by atoms with Crippen LogP contribution in [0, 0.1) is 0 Å². The summed E-state index contributed by atoms with van der Waals surface area (Å²) in [4.78, 5) is 13.9. The lowest BCUT2D eigenvalue weighted by molar-refractivity contribution is 0.0600. The minimum atomic E-state index is -0.325. The van der Waals surface area contributed by atoms with Gasteiger partial charge in [-0.25, -0.2) is 4.79 Å². The van der Waals surface area contributed by atoms with E-state index in [0.717, 1.165) is 44.0 Å². The molecule has 5 nitrogen and oxygen atoms in total. The summed E-state index contributed by atoms with van der Waals surface area (Å²) in [5.74, 6) is 0.590. The molecule has 0 bridgehead atoms. The maximum Gasteiger partial charge on any atom is 0.337 e. The van der Waals surface area contributed by atoms with Crippen LogP contribution in [0.1, 0.15) is 21.5 Å². The summed E-state index contributed by atoms with van der Waals surface area (Å²) in [5, 5.41) is 3.37.